The molecule has 1 aliphatic rings. The number of benzene rings is 5. The first-order chi connectivity index (χ1) is 26.3. The summed E-state index contributed by atoms with van der Waals surface area (Å²) >= 11 is 8.68. The highest BCUT2D eigenvalue weighted by Crippen LogP contribution is 2.46. The number of anilines is 1. The van der Waals surface area contributed by atoms with E-state index in [1.165, 1.54) is 35.1 Å². The third-order valence-electron chi connectivity index (χ3n) is 8.68. The lowest BCUT2D eigenvalue weighted by atomic mass is 9.95. The van der Waals surface area contributed by atoms with Crippen molar-refractivity contribution < 1.29 is 28.9 Å². The second kappa shape index (κ2) is 16.6. The summed E-state index contributed by atoms with van der Waals surface area (Å²) in [5.74, 6) is 0.00968. The van der Waals surface area contributed by atoms with Gasteiger partial charge in [0.1, 0.15) is 24.7 Å². The van der Waals surface area contributed by atoms with Crippen molar-refractivity contribution in [2.75, 3.05) is 12.0 Å². The molecular weight excluding hydrogens is 742 g/mol. The predicted molar refractivity (Wildman–Crippen MR) is 211 cm³/mol. The number of amides is 1. The normalized spacial score (nSPS) is 15.0. The summed E-state index contributed by atoms with van der Waals surface area (Å²) in [7, 11) is 1.52. The smallest absolute Gasteiger partial charge is 0.301 e. The summed E-state index contributed by atoms with van der Waals surface area (Å²) in [5, 5.41) is 21.3. The van der Waals surface area contributed by atoms with Gasteiger partial charge in [0.2, 0.25) is 5.13 Å². The van der Waals surface area contributed by atoms with Crippen LogP contribution in [0.25, 0.3) is 5.76 Å². The van der Waals surface area contributed by atoms with Crippen molar-refractivity contribution in [3.63, 3.8) is 0 Å². The summed E-state index contributed by atoms with van der Waals surface area (Å²) in [5.41, 5.74) is 4.92. The van der Waals surface area contributed by atoms with Gasteiger partial charge in [-0.1, -0.05) is 113 Å². The van der Waals surface area contributed by atoms with Crippen molar-refractivity contribution in [3.8, 4) is 17.2 Å². The topological polar surface area (TPSA) is 111 Å². The lowest BCUT2D eigenvalue weighted by Crippen LogP contribution is -2.29. The minimum absolute atomic E-state index is 0.0981. The highest BCUT2D eigenvalue weighted by atomic mass is 35.5. The molecule has 9 nitrogen and oxygen atoms in total. The Kier molecular flexibility index (Phi) is 11.3. The number of aromatic nitrogens is 2. The van der Waals surface area contributed by atoms with E-state index in [0.717, 1.165) is 22.3 Å². The summed E-state index contributed by atoms with van der Waals surface area (Å²) in [4.78, 5) is 29.1. The molecule has 0 bridgehead atoms. The van der Waals surface area contributed by atoms with Gasteiger partial charge in [-0.15, -0.1) is 10.2 Å². The molecule has 0 radical (unpaired) electrons. The molecule has 1 fully saturated rings. The minimum Gasteiger partial charge on any atom is -0.507 e. The number of nitrogens with zero attached hydrogens (tertiary/aromatic N) is 3. The first-order valence-electron chi connectivity index (χ1n) is 16.9. The van der Waals surface area contributed by atoms with Gasteiger partial charge in [0.25, 0.3) is 5.78 Å². The number of thioether (sulfide) groups is 1. The number of hydrogen-bond donors (Lipinski definition) is 1. The monoisotopic (exact) mass is 775 g/mol. The molecule has 7 rings (SSSR count). The molecule has 0 spiro atoms. The van der Waals surface area contributed by atoms with E-state index in [0.29, 0.717) is 56.7 Å². The number of carbonyl (C=O) groups excluding carboxylic acids is 2. The molecule has 2 heterocycles. The van der Waals surface area contributed by atoms with Crippen molar-refractivity contribution in [2.45, 2.75) is 36.3 Å². The second-order valence-electron chi connectivity index (χ2n) is 12.4. The molecule has 0 saturated carbocycles. The summed E-state index contributed by atoms with van der Waals surface area (Å²) < 4.78 is 18.4. The number of aliphatic hydroxyl groups excluding tert-OH is 1. The number of ketones is 1. The van der Waals surface area contributed by atoms with Gasteiger partial charge >= 0.3 is 5.91 Å². The fourth-order valence-corrected chi connectivity index (χ4v) is 7.92. The van der Waals surface area contributed by atoms with Gasteiger partial charge in [0, 0.05) is 16.3 Å². The van der Waals surface area contributed by atoms with E-state index in [2.05, 4.69) is 16.3 Å². The number of ether oxygens (including phenoxy) is 3. The Morgan fingerprint density at radius 3 is 2.30 bits per heavy atom. The van der Waals surface area contributed by atoms with E-state index in [1.807, 2.05) is 79.7 Å². The Morgan fingerprint density at radius 2 is 1.56 bits per heavy atom. The summed E-state index contributed by atoms with van der Waals surface area (Å²) in [6.07, 6.45) is 0. The average molecular weight is 776 g/mol. The highest BCUT2D eigenvalue weighted by molar-refractivity contribution is 8.00. The largest absolute Gasteiger partial charge is 0.507 e. The van der Waals surface area contributed by atoms with Crippen LogP contribution >= 0.6 is 34.7 Å². The van der Waals surface area contributed by atoms with Gasteiger partial charge in [-0.25, -0.2) is 0 Å². The molecule has 12 heteroatoms. The Bertz CT molecular complexity index is 2310. The quantitative estimate of drug-likeness (QED) is 0.0403. The zero-order valence-electron chi connectivity index (χ0n) is 29.3. The SMILES string of the molecule is COc1cc(C2/C(=C(\O)c3ccc(OCc4cccc(C)c4)cc3)C(=O)C(=O)N2c2nnc(SCc3ccc(Cl)cc3)s2)ccc1OCc1ccccc1. The van der Waals surface area contributed by atoms with Crippen LogP contribution in [-0.2, 0) is 28.6 Å². The standard InChI is InChI=1S/C42H34ClN3O6S2/c1-26-7-6-10-29(21-26)24-51-33-18-13-30(14-19-33)38(47)36-37(31-15-20-34(35(22-31)50-2)52-23-27-8-4-3-5-9-27)46(40(49)39(36)48)41-44-45-42(54-41)53-25-28-11-16-32(43)17-12-28/h3-22,37,47H,23-25H2,1-2H3/b38-36+. The Labute approximate surface area is 325 Å². The van der Waals surface area contributed by atoms with Crippen LogP contribution < -0.4 is 19.1 Å². The average Bonchev–Trinajstić information content (AvgIpc) is 3.77. The Hall–Kier alpha value is -5.62. The third kappa shape index (κ3) is 8.28. The van der Waals surface area contributed by atoms with Gasteiger partial charge in [0.15, 0.2) is 15.8 Å². The van der Waals surface area contributed by atoms with Crippen molar-refractivity contribution >= 4 is 57.3 Å². The number of aryl methyl sites for hydroxylation is 1. The van der Waals surface area contributed by atoms with Crippen molar-refractivity contribution in [3.05, 3.63) is 165 Å². The van der Waals surface area contributed by atoms with E-state index >= 15 is 0 Å². The molecule has 1 aromatic heterocycles. The van der Waals surface area contributed by atoms with Crippen molar-refractivity contribution in [1.29, 1.82) is 0 Å². The maximum atomic E-state index is 13.9. The van der Waals surface area contributed by atoms with Crippen LogP contribution in [-0.4, -0.2) is 34.1 Å². The molecule has 54 heavy (non-hydrogen) atoms. The van der Waals surface area contributed by atoms with Crippen LogP contribution in [0.15, 0.2) is 131 Å². The van der Waals surface area contributed by atoms with Crippen LogP contribution in [0.4, 0.5) is 5.13 Å². The lowest BCUT2D eigenvalue weighted by molar-refractivity contribution is -0.132. The number of Topliss-reactive ketones (excluding diaryl/α,β-unsaturated/α-hetero) is 1. The van der Waals surface area contributed by atoms with Gasteiger partial charge in [-0.2, -0.15) is 0 Å². The van der Waals surface area contributed by atoms with Crippen molar-refractivity contribution in [1.82, 2.24) is 10.2 Å². The fourth-order valence-electron chi connectivity index (χ4n) is 5.97. The summed E-state index contributed by atoms with van der Waals surface area (Å²) in [6, 6.07) is 36.1. The highest BCUT2D eigenvalue weighted by Gasteiger charge is 2.48. The van der Waals surface area contributed by atoms with Gasteiger partial charge in [0.05, 0.1) is 18.7 Å². The van der Waals surface area contributed by atoms with E-state index in [-0.39, 0.29) is 16.5 Å². The number of carbonyl (C=O) groups is 2. The lowest BCUT2D eigenvalue weighted by Gasteiger charge is -2.23. The molecule has 1 unspecified atom stereocenters. The molecule has 1 N–H and O–H groups in total. The first-order valence-corrected chi connectivity index (χ1v) is 19.1. The third-order valence-corrected chi connectivity index (χ3v) is 11.1. The predicted octanol–water partition coefficient (Wildman–Crippen LogP) is 9.59. The zero-order chi connectivity index (χ0) is 37.6. The number of rotatable bonds is 13. The number of hydrogen-bond acceptors (Lipinski definition) is 10. The van der Waals surface area contributed by atoms with E-state index in [4.69, 9.17) is 25.8 Å². The minimum atomic E-state index is -1.05. The van der Waals surface area contributed by atoms with Crippen LogP contribution in [0.1, 0.15) is 39.4 Å². The number of methoxy groups -OCH3 is 1. The fraction of sp³-hybridized carbons (Fsp3) is 0.143. The number of halogens is 1. The molecule has 1 amide bonds. The van der Waals surface area contributed by atoms with Gasteiger partial charge in [-0.05, 0) is 77.7 Å². The Morgan fingerprint density at radius 1 is 0.815 bits per heavy atom. The molecule has 1 atom stereocenters. The van der Waals surface area contributed by atoms with Crippen molar-refractivity contribution in [2.24, 2.45) is 0 Å². The number of aliphatic hydroxyl groups is 1. The van der Waals surface area contributed by atoms with Crippen LogP contribution in [0, 0.1) is 6.92 Å². The van der Waals surface area contributed by atoms with E-state index in [1.54, 1.807) is 42.5 Å². The van der Waals surface area contributed by atoms with Gasteiger partial charge < -0.3 is 19.3 Å². The summed E-state index contributed by atoms with van der Waals surface area (Å²) in [6.45, 7) is 2.70. The molecule has 272 valence electrons. The first kappa shape index (κ1) is 36.7. The molecule has 5 aromatic carbocycles. The zero-order valence-corrected chi connectivity index (χ0v) is 31.7. The van der Waals surface area contributed by atoms with E-state index in [9.17, 15) is 14.7 Å². The second-order valence-corrected chi connectivity index (χ2v) is 15.0. The van der Waals surface area contributed by atoms with Crippen LogP contribution in [0.5, 0.6) is 17.2 Å². The van der Waals surface area contributed by atoms with E-state index < -0.39 is 17.7 Å². The maximum Gasteiger partial charge on any atom is 0.301 e. The molecule has 6 aromatic rings. The van der Waals surface area contributed by atoms with Crippen LogP contribution in [0.2, 0.25) is 5.02 Å². The Balaban J connectivity index is 1.21. The molecule has 1 saturated heterocycles. The molecule has 1 aliphatic heterocycles. The maximum absolute atomic E-state index is 13.9. The van der Waals surface area contributed by atoms with Gasteiger partial charge in [-0.3, -0.25) is 14.5 Å². The van der Waals surface area contributed by atoms with Crippen LogP contribution in [0.3, 0.4) is 0 Å². The molecule has 0 aliphatic carbocycles. The molecular formula is C42H34ClN3O6S2.